The van der Waals surface area contributed by atoms with Crippen LogP contribution in [0.2, 0.25) is 0 Å². The predicted molar refractivity (Wildman–Crippen MR) is 237 cm³/mol. The van der Waals surface area contributed by atoms with Crippen LogP contribution in [0, 0.1) is 19.8 Å². The second-order valence-corrected chi connectivity index (χ2v) is 11.3. The Morgan fingerprint density at radius 1 is 0.759 bits per heavy atom. The average molecular weight is 750 g/mol. The molecule has 0 aliphatic heterocycles. The van der Waals surface area contributed by atoms with E-state index < -0.39 is 0 Å². The molecule has 3 aromatic carbocycles. The van der Waals surface area contributed by atoms with Crippen LogP contribution in [0.25, 0.3) is 0 Å². The molecule has 0 bridgehead atoms. The minimum atomic E-state index is -0.00826. The zero-order valence-corrected chi connectivity index (χ0v) is 35.6. The van der Waals surface area contributed by atoms with Crippen molar-refractivity contribution in [2.45, 2.75) is 102 Å². The van der Waals surface area contributed by atoms with Crippen molar-refractivity contribution in [3.05, 3.63) is 114 Å². The number of aryl methyl sites for hydroxylation is 2. The Morgan fingerprint density at radius 3 is 1.67 bits per heavy atom. The molecule has 0 aliphatic rings. The number of carbonyl (C=O) groups excluding carboxylic acids is 4. The standard InChI is InChI=1S/C22H26N2O.C7H9N.C4H9NO.C4H10.C3H7NO.2C2H6.CH2O/c1-3-4-5-6-9-16-23-21-11-8-7-10-19(21)17-22(25)24-20-14-12-18(2)13-15-20;1-6-2-4-7(8)5-3-6;1-2-3-5-4-6;1-4(2)3;1-2-4-3-5;3*1-2/h3-8,10-15,23H,9,16-17H2,1-2H3,(H,24,25);2-5H,8H2,1H3;4H,2-3H2,1H3,(H,5,6);4H,1-3H3;3H,2H2,1H3,(H,4,5);2*1-2H3;1H2/b4-3-,6-5-;;;;;;;. The molecular weight excluding hydrogens is 675 g/mol. The summed E-state index contributed by atoms with van der Waals surface area (Å²) in [7, 11) is 0. The van der Waals surface area contributed by atoms with Crippen molar-refractivity contribution in [3.63, 3.8) is 0 Å². The van der Waals surface area contributed by atoms with E-state index in [4.69, 9.17) is 10.5 Å². The largest absolute Gasteiger partial charge is 0.399 e. The van der Waals surface area contributed by atoms with Gasteiger partial charge in [0, 0.05) is 36.7 Å². The van der Waals surface area contributed by atoms with Gasteiger partial charge >= 0.3 is 0 Å². The van der Waals surface area contributed by atoms with Gasteiger partial charge < -0.3 is 31.8 Å². The fraction of sp³-hybridized carbons (Fsp3) is 0.422. The lowest BCUT2D eigenvalue weighted by Gasteiger charge is -2.12. The summed E-state index contributed by atoms with van der Waals surface area (Å²) in [6.07, 6.45) is 11.9. The first-order chi connectivity index (χ1) is 26.0. The first-order valence-electron chi connectivity index (χ1n) is 18.9. The van der Waals surface area contributed by atoms with E-state index in [0.717, 1.165) is 61.0 Å². The number of hydrogen-bond acceptors (Lipinski definition) is 6. The van der Waals surface area contributed by atoms with E-state index in [-0.39, 0.29) is 5.91 Å². The van der Waals surface area contributed by atoms with Crippen molar-refractivity contribution in [1.29, 1.82) is 0 Å². The lowest BCUT2D eigenvalue weighted by Crippen LogP contribution is -2.15. The van der Waals surface area contributed by atoms with E-state index in [0.29, 0.717) is 19.2 Å². The summed E-state index contributed by atoms with van der Waals surface area (Å²) in [4.78, 5) is 39.1. The molecule has 0 aromatic heterocycles. The molecule has 3 aromatic rings. The van der Waals surface area contributed by atoms with Crippen molar-refractivity contribution in [3.8, 4) is 0 Å². The highest BCUT2D eigenvalue weighted by atomic mass is 16.1. The van der Waals surface area contributed by atoms with Crippen molar-refractivity contribution in [2.24, 2.45) is 5.92 Å². The van der Waals surface area contributed by atoms with Crippen molar-refractivity contribution in [2.75, 3.05) is 36.0 Å². The number of para-hydroxylation sites is 1. The van der Waals surface area contributed by atoms with Gasteiger partial charge in [-0.3, -0.25) is 14.4 Å². The highest BCUT2D eigenvalue weighted by Crippen LogP contribution is 2.17. The highest BCUT2D eigenvalue weighted by molar-refractivity contribution is 5.93. The first-order valence-corrected chi connectivity index (χ1v) is 18.9. The number of anilines is 3. The molecule has 0 heterocycles. The summed E-state index contributed by atoms with van der Waals surface area (Å²) in [5.74, 6) is 0.825. The summed E-state index contributed by atoms with van der Waals surface area (Å²) < 4.78 is 0. The third-order valence-electron chi connectivity index (χ3n) is 5.61. The molecular formula is C45H75N5O4. The number of benzene rings is 3. The van der Waals surface area contributed by atoms with Crippen LogP contribution in [-0.4, -0.2) is 45.2 Å². The predicted octanol–water partition coefficient (Wildman–Crippen LogP) is 10.1. The van der Waals surface area contributed by atoms with E-state index in [1.807, 2.05) is 160 Å². The van der Waals surface area contributed by atoms with Crippen LogP contribution in [-0.2, 0) is 25.6 Å². The zero-order chi connectivity index (χ0) is 42.4. The van der Waals surface area contributed by atoms with Crippen LogP contribution in [0.5, 0.6) is 0 Å². The SMILES string of the molecule is C/C=C\C=C/CCNc1ccccc1CC(=O)Nc1ccc(C)cc1.C=O.CC.CC.CC(C)C.CCCNC=O.CCNC=O.Cc1ccc(N)cc1. The molecule has 0 aliphatic carbocycles. The number of nitrogens with one attached hydrogen (secondary N) is 4. The van der Waals surface area contributed by atoms with Crippen LogP contribution in [0.15, 0.2) is 97.1 Å². The van der Waals surface area contributed by atoms with Gasteiger partial charge in [-0.1, -0.05) is 133 Å². The monoisotopic (exact) mass is 750 g/mol. The topological polar surface area (TPSA) is 142 Å². The van der Waals surface area contributed by atoms with Gasteiger partial charge in [-0.15, -0.1) is 0 Å². The Hall–Kier alpha value is -5.18. The molecule has 0 atom stereocenters. The maximum atomic E-state index is 12.3. The number of nitrogen functional groups attached to an aromatic ring is 1. The summed E-state index contributed by atoms with van der Waals surface area (Å²) in [5, 5.41) is 11.3. The van der Waals surface area contributed by atoms with Gasteiger partial charge in [-0.2, -0.15) is 0 Å². The smallest absolute Gasteiger partial charge is 0.228 e. The summed E-state index contributed by atoms with van der Waals surface area (Å²) in [6.45, 7) is 28.8. The van der Waals surface area contributed by atoms with Crippen molar-refractivity contribution < 1.29 is 19.2 Å². The molecule has 0 fully saturated rings. The summed E-state index contributed by atoms with van der Waals surface area (Å²) in [5.41, 5.74) is 11.5. The third-order valence-corrected chi connectivity index (χ3v) is 5.61. The Bertz CT molecular complexity index is 1270. The Balaban J connectivity index is -0.000000224. The molecule has 9 nitrogen and oxygen atoms in total. The lowest BCUT2D eigenvalue weighted by atomic mass is 10.1. The zero-order valence-electron chi connectivity index (χ0n) is 35.6. The second kappa shape index (κ2) is 47.8. The molecule has 54 heavy (non-hydrogen) atoms. The quantitative estimate of drug-likeness (QED) is 0.0510. The fourth-order valence-corrected chi connectivity index (χ4v) is 3.29. The number of carbonyl (C=O) groups is 4. The van der Waals surface area contributed by atoms with Crippen LogP contribution >= 0.6 is 0 Å². The first kappa shape index (κ1) is 58.1. The molecule has 6 N–H and O–H groups in total. The van der Waals surface area contributed by atoms with Gasteiger partial charge in [-0.25, -0.2) is 0 Å². The number of nitrogens with two attached hydrogens (primary N) is 1. The van der Waals surface area contributed by atoms with E-state index >= 15 is 0 Å². The molecule has 304 valence electrons. The van der Waals surface area contributed by atoms with Gasteiger partial charge in [0.05, 0.1) is 6.42 Å². The van der Waals surface area contributed by atoms with Gasteiger partial charge in [0.15, 0.2) is 0 Å². The highest BCUT2D eigenvalue weighted by Gasteiger charge is 2.08. The van der Waals surface area contributed by atoms with Crippen molar-refractivity contribution >= 4 is 42.6 Å². The van der Waals surface area contributed by atoms with Crippen molar-refractivity contribution in [1.82, 2.24) is 10.6 Å². The van der Waals surface area contributed by atoms with E-state index in [1.54, 1.807) is 0 Å². The minimum absolute atomic E-state index is 0.00826. The molecule has 0 spiro atoms. The molecule has 0 radical (unpaired) electrons. The Labute approximate surface area is 329 Å². The van der Waals surface area contributed by atoms with Gasteiger partial charge in [0.2, 0.25) is 18.7 Å². The Kier molecular flexibility index (Phi) is 51.5. The molecule has 0 unspecified atom stereocenters. The lowest BCUT2D eigenvalue weighted by molar-refractivity contribution is -0.115. The van der Waals surface area contributed by atoms with E-state index in [2.05, 4.69) is 48.1 Å². The van der Waals surface area contributed by atoms with Crippen LogP contribution in [0.1, 0.15) is 98.8 Å². The number of amides is 3. The number of hydrogen-bond donors (Lipinski definition) is 5. The van der Waals surface area contributed by atoms with Gasteiger partial charge in [-0.05, 0) is 82.3 Å². The maximum absolute atomic E-state index is 12.3. The second-order valence-electron chi connectivity index (χ2n) is 11.3. The molecule has 0 saturated carbocycles. The molecule has 3 amide bonds. The van der Waals surface area contributed by atoms with Gasteiger partial charge in [0.25, 0.3) is 0 Å². The van der Waals surface area contributed by atoms with Crippen LogP contribution in [0.3, 0.4) is 0 Å². The van der Waals surface area contributed by atoms with E-state index in [9.17, 15) is 14.4 Å². The maximum Gasteiger partial charge on any atom is 0.228 e. The van der Waals surface area contributed by atoms with Crippen LogP contribution in [0.4, 0.5) is 17.1 Å². The number of rotatable bonds is 13. The Morgan fingerprint density at radius 2 is 1.26 bits per heavy atom. The van der Waals surface area contributed by atoms with Crippen LogP contribution < -0.4 is 27.0 Å². The number of allylic oxidation sites excluding steroid dienone is 3. The minimum Gasteiger partial charge on any atom is -0.399 e. The third kappa shape index (κ3) is 44.8. The molecule has 3 rings (SSSR count). The van der Waals surface area contributed by atoms with Gasteiger partial charge in [0.1, 0.15) is 6.79 Å². The fourth-order valence-electron chi connectivity index (χ4n) is 3.29. The normalized spacial score (nSPS) is 8.91. The molecule has 0 saturated heterocycles. The summed E-state index contributed by atoms with van der Waals surface area (Å²) in [6, 6.07) is 23.6. The summed E-state index contributed by atoms with van der Waals surface area (Å²) >= 11 is 0. The average Bonchev–Trinajstić information content (AvgIpc) is 3.18. The molecule has 9 heteroatoms. The van der Waals surface area contributed by atoms with E-state index in [1.165, 1.54) is 11.1 Å².